The Kier molecular flexibility index (Phi) is 1.98. The molecule has 0 bridgehead atoms. The van der Waals surface area contributed by atoms with Crippen LogP contribution in [0.4, 0.5) is 0 Å². The average Bonchev–Trinajstić information content (AvgIpc) is 2.53. The fourth-order valence-corrected chi connectivity index (χ4v) is 1.86. The Balaban J connectivity index is 2.18. The first-order chi connectivity index (χ1) is 5.88. The van der Waals surface area contributed by atoms with Crippen LogP contribution in [-0.2, 0) is 0 Å². The Bertz CT molecular complexity index is 295. The van der Waals surface area contributed by atoms with E-state index in [1.807, 2.05) is 0 Å². The molecule has 0 radical (unpaired) electrons. The van der Waals surface area contributed by atoms with Gasteiger partial charge in [0.05, 0.1) is 6.04 Å². The number of hydrogen-bond donors (Lipinski definition) is 1. The van der Waals surface area contributed by atoms with Gasteiger partial charge in [-0.1, -0.05) is 19.3 Å². The fraction of sp³-hybridized carbons (Fsp3) is 0.750. The Morgan fingerprint density at radius 3 is 2.75 bits per heavy atom. The molecule has 0 amide bonds. The highest BCUT2D eigenvalue weighted by Gasteiger charge is 2.16. The Hall–Kier alpha value is -1.06. The number of aromatic nitrogens is 3. The van der Waals surface area contributed by atoms with E-state index in [1.54, 1.807) is 4.68 Å². The molecule has 1 fully saturated rings. The summed E-state index contributed by atoms with van der Waals surface area (Å²) in [6.07, 6.45) is 7.34. The monoisotopic (exact) mass is 167 g/mol. The van der Waals surface area contributed by atoms with Gasteiger partial charge in [-0.15, -0.1) is 0 Å². The van der Waals surface area contributed by atoms with Gasteiger partial charge in [-0.2, -0.15) is 5.10 Å². The summed E-state index contributed by atoms with van der Waals surface area (Å²) in [5.41, 5.74) is 0.00176. The topological polar surface area (TPSA) is 50.7 Å². The van der Waals surface area contributed by atoms with Gasteiger partial charge in [0.1, 0.15) is 6.20 Å². The van der Waals surface area contributed by atoms with Gasteiger partial charge in [-0.05, 0) is 12.8 Å². The smallest absolute Gasteiger partial charge is 0.266 e. The number of H-pyrrole nitrogens is 1. The van der Waals surface area contributed by atoms with Gasteiger partial charge in [0, 0.05) is 0 Å². The fourth-order valence-electron chi connectivity index (χ4n) is 1.86. The Labute approximate surface area is 70.6 Å². The molecule has 0 aliphatic heterocycles. The quantitative estimate of drug-likeness (QED) is 0.680. The SMILES string of the molecule is O=c1cn[nH]n1C1CCCCC1. The van der Waals surface area contributed by atoms with E-state index in [0.29, 0.717) is 6.04 Å². The minimum Gasteiger partial charge on any atom is -0.266 e. The van der Waals surface area contributed by atoms with Crippen LogP contribution in [0.3, 0.4) is 0 Å². The zero-order valence-electron chi connectivity index (χ0n) is 6.99. The van der Waals surface area contributed by atoms with E-state index in [9.17, 15) is 4.79 Å². The van der Waals surface area contributed by atoms with Crippen LogP contribution in [0.1, 0.15) is 38.1 Å². The number of hydrogen-bond acceptors (Lipinski definition) is 2. The van der Waals surface area contributed by atoms with Gasteiger partial charge in [0.25, 0.3) is 5.56 Å². The Morgan fingerprint density at radius 1 is 1.42 bits per heavy atom. The third-order valence-electron chi connectivity index (χ3n) is 2.52. The summed E-state index contributed by atoms with van der Waals surface area (Å²) in [6, 6.07) is 0.369. The summed E-state index contributed by atoms with van der Waals surface area (Å²) in [4.78, 5) is 11.2. The lowest BCUT2D eigenvalue weighted by atomic mass is 9.96. The average molecular weight is 167 g/mol. The number of rotatable bonds is 1. The predicted molar refractivity (Wildman–Crippen MR) is 45.0 cm³/mol. The second kappa shape index (κ2) is 3.13. The van der Waals surface area contributed by atoms with Crippen molar-refractivity contribution in [2.45, 2.75) is 38.1 Å². The minimum absolute atomic E-state index is 0.00176. The van der Waals surface area contributed by atoms with Crippen molar-refractivity contribution in [2.75, 3.05) is 0 Å². The van der Waals surface area contributed by atoms with E-state index in [4.69, 9.17) is 0 Å². The van der Waals surface area contributed by atoms with Crippen LogP contribution in [0.2, 0.25) is 0 Å². The van der Waals surface area contributed by atoms with Gasteiger partial charge in [-0.25, -0.2) is 9.90 Å². The summed E-state index contributed by atoms with van der Waals surface area (Å²) in [5, 5.41) is 6.45. The molecule has 0 aromatic carbocycles. The van der Waals surface area contributed by atoms with Gasteiger partial charge < -0.3 is 0 Å². The standard InChI is InChI=1S/C8H13N3O/c12-8-6-9-10-11(8)7-4-2-1-3-5-7/h6-7,10H,1-5H2. The van der Waals surface area contributed by atoms with Crippen molar-refractivity contribution in [3.8, 4) is 0 Å². The van der Waals surface area contributed by atoms with E-state index in [2.05, 4.69) is 10.3 Å². The molecule has 12 heavy (non-hydrogen) atoms. The molecule has 1 aliphatic rings. The van der Waals surface area contributed by atoms with Crippen molar-refractivity contribution in [2.24, 2.45) is 0 Å². The first kappa shape index (κ1) is 7.58. The zero-order valence-corrected chi connectivity index (χ0v) is 6.99. The number of nitrogens with zero attached hydrogens (tertiary/aromatic N) is 2. The molecule has 0 unspecified atom stereocenters. The van der Waals surface area contributed by atoms with Crippen LogP contribution in [0, 0.1) is 0 Å². The van der Waals surface area contributed by atoms with E-state index >= 15 is 0 Å². The molecule has 2 rings (SSSR count). The van der Waals surface area contributed by atoms with Gasteiger partial charge in [-0.3, -0.25) is 4.79 Å². The van der Waals surface area contributed by atoms with E-state index in [0.717, 1.165) is 12.8 Å². The molecular weight excluding hydrogens is 154 g/mol. The van der Waals surface area contributed by atoms with Crippen LogP contribution in [0.5, 0.6) is 0 Å². The van der Waals surface area contributed by atoms with Crippen LogP contribution >= 0.6 is 0 Å². The van der Waals surface area contributed by atoms with Crippen LogP contribution in [-0.4, -0.2) is 15.0 Å². The second-order valence-corrected chi connectivity index (χ2v) is 3.36. The van der Waals surface area contributed by atoms with Crippen LogP contribution in [0.15, 0.2) is 11.0 Å². The van der Waals surface area contributed by atoms with Crippen molar-refractivity contribution in [3.63, 3.8) is 0 Å². The van der Waals surface area contributed by atoms with Crippen molar-refractivity contribution < 1.29 is 0 Å². The first-order valence-electron chi connectivity index (χ1n) is 4.50. The van der Waals surface area contributed by atoms with Crippen molar-refractivity contribution in [3.05, 3.63) is 16.6 Å². The minimum atomic E-state index is 0.00176. The summed E-state index contributed by atoms with van der Waals surface area (Å²) >= 11 is 0. The molecule has 1 N–H and O–H groups in total. The van der Waals surface area contributed by atoms with Gasteiger partial charge in [0.2, 0.25) is 0 Å². The Morgan fingerprint density at radius 2 is 2.17 bits per heavy atom. The van der Waals surface area contributed by atoms with Gasteiger partial charge >= 0.3 is 0 Å². The van der Waals surface area contributed by atoms with Crippen LogP contribution < -0.4 is 5.56 Å². The molecule has 4 nitrogen and oxygen atoms in total. The molecule has 66 valence electrons. The molecule has 1 aromatic rings. The van der Waals surface area contributed by atoms with Gasteiger partial charge in [0.15, 0.2) is 0 Å². The maximum atomic E-state index is 11.2. The van der Waals surface area contributed by atoms with Crippen molar-refractivity contribution >= 4 is 0 Å². The number of aromatic amines is 1. The molecule has 1 saturated carbocycles. The first-order valence-corrected chi connectivity index (χ1v) is 4.50. The molecule has 0 spiro atoms. The summed E-state index contributed by atoms with van der Waals surface area (Å²) < 4.78 is 1.65. The van der Waals surface area contributed by atoms with E-state index < -0.39 is 0 Å². The zero-order chi connectivity index (χ0) is 8.39. The molecular formula is C8H13N3O. The van der Waals surface area contributed by atoms with E-state index in [1.165, 1.54) is 25.5 Å². The molecule has 1 aromatic heterocycles. The highest BCUT2D eigenvalue weighted by molar-refractivity contribution is 4.76. The second-order valence-electron chi connectivity index (χ2n) is 3.36. The summed E-state index contributed by atoms with van der Waals surface area (Å²) in [7, 11) is 0. The normalized spacial score (nSPS) is 19.7. The van der Waals surface area contributed by atoms with Crippen LogP contribution in [0.25, 0.3) is 0 Å². The molecule has 0 atom stereocenters. The summed E-state index contributed by atoms with van der Waals surface area (Å²) in [5.74, 6) is 0. The third kappa shape index (κ3) is 1.29. The molecule has 1 heterocycles. The molecule has 1 aliphatic carbocycles. The highest BCUT2D eigenvalue weighted by atomic mass is 16.1. The predicted octanol–water partition coefficient (Wildman–Crippen LogP) is 1.08. The largest absolute Gasteiger partial charge is 0.286 e. The molecule has 4 heteroatoms. The lowest BCUT2D eigenvalue weighted by Crippen LogP contribution is -2.23. The third-order valence-corrected chi connectivity index (χ3v) is 2.52. The van der Waals surface area contributed by atoms with Crippen molar-refractivity contribution in [1.82, 2.24) is 15.0 Å². The lowest BCUT2D eigenvalue weighted by Gasteiger charge is -2.21. The molecule has 0 saturated heterocycles. The van der Waals surface area contributed by atoms with E-state index in [-0.39, 0.29) is 5.56 Å². The highest BCUT2D eigenvalue weighted by Crippen LogP contribution is 2.25. The maximum Gasteiger partial charge on any atom is 0.286 e. The summed E-state index contributed by atoms with van der Waals surface area (Å²) in [6.45, 7) is 0. The van der Waals surface area contributed by atoms with Crippen molar-refractivity contribution in [1.29, 1.82) is 0 Å². The lowest BCUT2D eigenvalue weighted by molar-refractivity contribution is 0.318. The number of nitrogens with one attached hydrogen (secondary N) is 1. The maximum absolute atomic E-state index is 11.2.